The van der Waals surface area contributed by atoms with Crippen molar-refractivity contribution in [2.75, 3.05) is 31.6 Å². The first-order chi connectivity index (χ1) is 7.72. The van der Waals surface area contributed by atoms with Gasteiger partial charge in [0, 0.05) is 19.1 Å². The third-order valence-electron chi connectivity index (χ3n) is 2.76. The predicted octanol–water partition coefficient (Wildman–Crippen LogP) is 1.18. The molecule has 1 unspecified atom stereocenters. The summed E-state index contributed by atoms with van der Waals surface area (Å²) in [6.45, 7) is 5.85. The Labute approximate surface area is 97.3 Å². The number of likely N-dealkylation sites (N-methyl/N-ethyl adjacent to an activating group) is 1. The lowest BCUT2D eigenvalue weighted by Crippen LogP contribution is -2.26. The molecule has 0 bridgehead atoms. The number of aromatic nitrogens is 1. The van der Waals surface area contributed by atoms with Crippen LogP contribution in [0.15, 0.2) is 18.3 Å². The monoisotopic (exact) mass is 223 g/mol. The van der Waals surface area contributed by atoms with E-state index in [0.717, 1.165) is 17.9 Å². The van der Waals surface area contributed by atoms with Crippen LogP contribution in [-0.2, 0) is 0 Å². The maximum Gasteiger partial charge on any atom is 0.0606 e. The van der Waals surface area contributed by atoms with E-state index in [1.807, 2.05) is 19.3 Å². The van der Waals surface area contributed by atoms with E-state index in [0.29, 0.717) is 6.54 Å². The Balaban J connectivity index is 2.76. The van der Waals surface area contributed by atoms with Crippen LogP contribution in [0.3, 0.4) is 0 Å². The van der Waals surface area contributed by atoms with Crippen molar-refractivity contribution >= 4 is 5.69 Å². The Morgan fingerprint density at radius 3 is 2.69 bits per heavy atom. The van der Waals surface area contributed by atoms with Crippen LogP contribution in [0.1, 0.15) is 25.6 Å². The molecule has 0 amide bonds. The van der Waals surface area contributed by atoms with E-state index < -0.39 is 0 Å². The smallest absolute Gasteiger partial charge is 0.0606 e. The number of hydrogen-bond donors (Lipinski definition) is 2. The van der Waals surface area contributed by atoms with E-state index >= 15 is 0 Å². The third kappa shape index (κ3) is 3.18. The quantitative estimate of drug-likeness (QED) is 0.760. The van der Waals surface area contributed by atoms with E-state index in [1.165, 1.54) is 0 Å². The molecule has 0 aliphatic carbocycles. The van der Waals surface area contributed by atoms with E-state index in [1.54, 1.807) is 0 Å². The summed E-state index contributed by atoms with van der Waals surface area (Å²) in [5.74, 6) is 0. The number of pyridine rings is 1. The lowest BCUT2D eigenvalue weighted by molar-refractivity contribution is 0.302. The molecular weight excluding hydrogens is 202 g/mol. The number of aliphatic hydroxyl groups is 1. The van der Waals surface area contributed by atoms with E-state index in [2.05, 4.69) is 35.1 Å². The molecule has 4 heteroatoms. The van der Waals surface area contributed by atoms with Crippen molar-refractivity contribution in [1.82, 2.24) is 10.3 Å². The molecule has 1 atom stereocenters. The topological polar surface area (TPSA) is 48.4 Å². The van der Waals surface area contributed by atoms with Crippen molar-refractivity contribution in [3.8, 4) is 0 Å². The van der Waals surface area contributed by atoms with Crippen molar-refractivity contribution < 1.29 is 5.11 Å². The van der Waals surface area contributed by atoms with Crippen molar-refractivity contribution in [2.24, 2.45) is 0 Å². The molecular formula is C12H21N3O. The number of nitrogens with one attached hydrogen (secondary N) is 1. The molecule has 0 spiro atoms. The maximum absolute atomic E-state index is 8.94. The van der Waals surface area contributed by atoms with Gasteiger partial charge in [0.15, 0.2) is 0 Å². The fraction of sp³-hybridized carbons (Fsp3) is 0.583. The minimum absolute atomic E-state index is 0.169. The number of nitrogens with zero attached hydrogens (tertiary/aromatic N) is 2. The first-order valence-electron chi connectivity index (χ1n) is 5.72. The van der Waals surface area contributed by atoms with Crippen LogP contribution in [0, 0.1) is 0 Å². The first kappa shape index (κ1) is 12.9. The summed E-state index contributed by atoms with van der Waals surface area (Å²) in [7, 11) is 1.92. The van der Waals surface area contributed by atoms with E-state index in [9.17, 15) is 0 Å². The lowest BCUT2D eigenvalue weighted by Gasteiger charge is -2.22. The Morgan fingerprint density at radius 2 is 2.25 bits per heavy atom. The number of anilines is 1. The molecule has 0 aromatic carbocycles. The highest BCUT2D eigenvalue weighted by atomic mass is 16.3. The van der Waals surface area contributed by atoms with Gasteiger partial charge in [-0.05, 0) is 33.0 Å². The van der Waals surface area contributed by atoms with Crippen LogP contribution in [0.2, 0.25) is 0 Å². The van der Waals surface area contributed by atoms with Crippen LogP contribution in [0.5, 0.6) is 0 Å². The fourth-order valence-corrected chi connectivity index (χ4v) is 1.58. The van der Waals surface area contributed by atoms with Gasteiger partial charge in [0.25, 0.3) is 0 Å². The summed E-state index contributed by atoms with van der Waals surface area (Å²) in [5, 5.41) is 12.1. The average Bonchev–Trinajstić information content (AvgIpc) is 2.35. The van der Waals surface area contributed by atoms with Gasteiger partial charge in [-0.25, -0.2) is 0 Å². The third-order valence-corrected chi connectivity index (χ3v) is 2.76. The highest BCUT2D eigenvalue weighted by Crippen LogP contribution is 2.15. The zero-order chi connectivity index (χ0) is 12.0. The van der Waals surface area contributed by atoms with Crippen molar-refractivity contribution in [3.63, 3.8) is 0 Å². The van der Waals surface area contributed by atoms with Gasteiger partial charge >= 0.3 is 0 Å². The van der Waals surface area contributed by atoms with Crippen LogP contribution in [0.4, 0.5) is 5.69 Å². The maximum atomic E-state index is 8.94. The molecule has 0 radical (unpaired) electrons. The van der Waals surface area contributed by atoms with Gasteiger partial charge in [0.05, 0.1) is 24.2 Å². The zero-order valence-electron chi connectivity index (χ0n) is 10.3. The van der Waals surface area contributed by atoms with E-state index in [4.69, 9.17) is 5.11 Å². The minimum Gasteiger partial charge on any atom is -0.395 e. The van der Waals surface area contributed by atoms with Crippen molar-refractivity contribution in [3.05, 3.63) is 24.0 Å². The Bertz CT molecular complexity index is 300. The van der Waals surface area contributed by atoms with Gasteiger partial charge in [0.1, 0.15) is 0 Å². The highest BCUT2D eigenvalue weighted by Gasteiger charge is 2.06. The van der Waals surface area contributed by atoms with Gasteiger partial charge in [-0.2, -0.15) is 0 Å². The zero-order valence-corrected chi connectivity index (χ0v) is 10.3. The molecule has 4 nitrogen and oxygen atoms in total. The standard InChI is InChI=1S/C12H21N3O/c1-4-15(7-8-16)11-5-6-12(14-9-11)10(2)13-3/h5-6,9-10,13,16H,4,7-8H2,1-3H3. The largest absolute Gasteiger partial charge is 0.395 e. The summed E-state index contributed by atoms with van der Waals surface area (Å²) in [4.78, 5) is 6.51. The number of rotatable bonds is 6. The normalized spacial score (nSPS) is 12.5. The second-order valence-electron chi connectivity index (χ2n) is 3.75. The average molecular weight is 223 g/mol. The molecule has 0 fully saturated rings. The van der Waals surface area contributed by atoms with Gasteiger partial charge in [-0.15, -0.1) is 0 Å². The highest BCUT2D eigenvalue weighted by molar-refractivity contribution is 5.44. The molecule has 1 heterocycles. The minimum atomic E-state index is 0.169. The Hall–Kier alpha value is -1.13. The second kappa shape index (κ2) is 6.45. The predicted molar refractivity (Wildman–Crippen MR) is 66.7 cm³/mol. The Morgan fingerprint density at radius 1 is 1.50 bits per heavy atom. The summed E-state index contributed by atoms with van der Waals surface area (Å²) in [6, 6.07) is 4.34. The van der Waals surface area contributed by atoms with Gasteiger partial charge < -0.3 is 15.3 Å². The molecule has 0 saturated heterocycles. The van der Waals surface area contributed by atoms with Gasteiger partial charge in [-0.3, -0.25) is 4.98 Å². The molecule has 0 saturated carbocycles. The summed E-state index contributed by atoms with van der Waals surface area (Å²) in [6.07, 6.45) is 1.86. The molecule has 0 aliphatic rings. The molecule has 0 aliphatic heterocycles. The van der Waals surface area contributed by atoms with Crippen molar-refractivity contribution in [1.29, 1.82) is 0 Å². The first-order valence-corrected chi connectivity index (χ1v) is 5.72. The van der Waals surface area contributed by atoms with Crippen LogP contribution in [-0.4, -0.2) is 36.8 Å². The Kier molecular flexibility index (Phi) is 5.22. The van der Waals surface area contributed by atoms with Gasteiger partial charge in [0.2, 0.25) is 0 Å². The van der Waals surface area contributed by atoms with Crippen LogP contribution < -0.4 is 10.2 Å². The number of hydrogen-bond acceptors (Lipinski definition) is 4. The lowest BCUT2D eigenvalue weighted by atomic mass is 10.2. The summed E-state index contributed by atoms with van der Waals surface area (Å²) in [5.41, 5.74) is 2.09. The molecule has 90 valence electrons. The molecule has 1 aromatic rings. The second-order valence-corrected chi connectivity index (χ2v) is 3.75. The van der Waals surface area contributed by atoms with Crippen molar-refractivity contribution in [2.45, 2.75) is 19.9 Å². The molecule has 1 rings (SSSR count). The molecule has 1 aromatic heterocycles. The van der Waals surface area contributed by atoms with Crippen LogP contribution in [0.25, 0.3) is 0 Å². The van der Waals surface area contributed by atoms with Crippen LogP contribution >= 0.6 is 0 Å². The SMILES string of the molecule is CCN(CCO)c1ccc(C(C)NC)nc1. The van der Waals surface area contributed by atoms with E-state index in [-0.39, 0.29) is 12.6 Å². The van der Waals surface area contributed by atoms with Gasteiger partial charge in [-0.1, -0.05) is 0 Å². The molecule has 2 N–H and O–H groups in total. The fourth-order valence-electron chi connectivity index (χ4n) is 1.58. The summed E-state index contributed by atoms with van der Waals surface area (Å²) < 4.78 is 0. The summed E-state index contributed by atoms with van der Waals surface area (Å²) >= 11 is 0. The molecule has 16 heavy (non-hydrogen) atoms. The number of aliphatic hydroxyl groups excluding tert-OH is 1.